The summed E-state index contributed by atoms with van der Waals surface area (Å²) in [5.41, 5.74) is 2.96. The van der Waals surface area contributed by atoms with Gasteiger partial charge in [0, 0.05) is 42.2 Å². The van der Waals surface area contributed by atoms with Gasteiger partial charge >= 0.3 is 0 Å². The lowest BCUT2D eigenvalue weighted by molar-refractivity contribution is 0.0780. The largest absolute Gasteiger partial charge is 0.337 e. The Morgan fingerprint density at radius 3 is 2.66 bits per heavy atom. The van der Waals surface area contributed by atoms with Gasteiger partial charge in [-0.3, -0.25) is 4.79 Å². The standard InChI is InChI=1S/C23H20FN3OS/c1-26(14-17-8-2-4-10-20(17)24)23(28)19-9-3-5-11-21(19)29-16-18-15-27-13-7-6-12-22(27)25-18/h2-13,15H,14,16H2,1H3. The Balaban J connectivity index is 1.49. The molecular weight excluding hydrogens is 385 g/mol. The lowest BCUT2D eigenvalue weighted by atomic mass is 10.1. The van der Waals surface area contributed by atoms with Gasteiger partial charge in [-0.2, -0.15) is 0 Å². The van der Waals surface area contributed by atoms with Crippen LogP contribution in [0.2, 0.25) is 0 Å². The fourth-order valence-corrected chi connectivity index (χ4v) is 4.07. The Morgan fingerprint density at radius 1 is 1.07 bits per heavy atom. The second kappa shape index (κ2) is 8.49. The van der Waals surface area contributed by atoms with Crippen molar-refractivity contribution < 1.29 is 9.18 Å². The molecule has 0 bridgehead atoms. The molecule has 0 unspecified atom stereocenters. The van der Waals surface area contributed by atoms with Crippen molar-refractivity contribution in [3.8, 4) is 0 Å². The van der Waals surface area contributed by atoms with Crippen LogP contribution in [0.5, 0.6) is 0 Å². The molecule has 146 valence electrons. The van der Waals surface area contributed by atoms with E-state index in [1.165, 1.54) is 6.07 Å². The topological polar surface area (TPSA) is 37.6 Å². The summed E-state index contributed by atoms with van der Waals surface area (Å²) in [6, 6.07) is 19.9. The van der Waals surface area contributed by atoms with Crippen LogP contribution >= 0.6 is 11.8 Å². The molecule has 29 heavy (non-hydrogen) atoms. The van der Waals surface area contributed by atoms with E-state index in [0.717, 1.165) is 16.2 Å². The second-order valence-corrected chi connectivity index (χ2v) is 7.75. The highest BCUT2D eigenvalue weighted by molar-refractivity contribution is 7.98. The molecule has 0 N–H and O–H groups in total. The van der Waals surface area contributed by atoms with E-state index in [0.29, 0.717) is 16.9 Å². The van der Waals surface area contributed by atoms with Crippen LogP contribution < -0.4 is 0 Å². The van der Waals surface area contributed by atoms with Crippen molar-refractivity contribution in [1.29, 1.82) is 0 Å². The summed E-state index contributed by atoms with van der Waals surface area (Å²) in [6.45, 7) is 0.219. The zero-order chi connectivity index (χ0) is 20.2. The zero-order valence-corrected chi connectivity index (χ0v) is 16.8. The van der Waals surface area contributed by atoms with E-state index in [1.807, 2.05) is 59.3 Å². The van der Waals surface area contributed by atoms with Crippen molar-refractivity contribution >= 4 is 23.3 Å². The number of hydrogen-bond donors (Lipinski definition) is 0. The van der Waals surface area contributed by atoms with Crippen molar-refractivity contribution in [3.05, 3.63) is 102 Å². The van der Waals surface area contributed by atoms with Gasteiger partial charge < -0.3 is 9.30 Å². The normalized spacial score (nSPS) is 11.0. The molecule has 4 aromatic rings. The summed E-state index contributed by atoms with van der Waals surface area (Å²) in [5, 5.41) is 0. The monoisotopic (exact) mass is 405 g/mol. The first-order valence-electron chi connectivity index (χ1n) is 9.25. The van der Waals surface area contributed by atoms with Gasteiger partial charge in [-0.15, -0.1) is 11.8 Å². The van der Waals surface area contributed by atoms with Gasteiger partial charge in [-0.05, 0) is 30.3 Å². The average Bonchev–Trinajstić information content (AvgIpc) is 3.16. The van der Waals surface area contributed by atoms with Crippen LogP contribution in [-0.4, -0.2) is 27.2 Å². The summed E-state index contributed by atoms with van der Waals surface area (Å²) in [6.07, 6.45) is 3.96. The highest BCUT2D eigenvalue weighted by Gasteiger charge is 2.17. The molecular formula is C23H20FN3OS. The van der Waals surface area contributed by atoms with Crippen molar-refractivity contribution in [2.24, 2.45) is 0 Å². The number of amides is 1. The molecule has 2 aromatic carbocycles. The van der Waals surface area contributed by atoms with E-state index in [9.17, 15) is 9.18 Å². The van der Waals surface area contributed by atoms with Gasteiger partial charge in [0.05, 0.1) is 11.3 Å². The molecule has 0 radical (unpaired) electrons. The van der Waals surface area contributed by atoms with Gasteiger partial charge in [-0.1, -0.05) is 36.4 Å². The van der Waals surface area contributed by atoms with E-state index in [4.69, 9.17) is 0 Å². The van der Waals surface area contributed by atoms with Crippen molar-refractivity contribution in [2.75, 3.05) is 7.05 Å². The Morgan fingerprint density at radius 2 is 1.83 bits per heavy atom. The number of nitrogens with zero attached hydrogens (tertiary/aromatic N) is 3. The summed E-state index contributed by atoms with van der Waals surface area (Å²) in [5.74, 6) is 0.219. The highest BCUT2D eigenvalue weighted by Crippen LogP contribution is 2.27. The van der Waals surface area contributed by atoms with E-state index < -0.39 is 0 Å². The zero-order valence-electron chi connectivity index (χ0n) is 16.0. The SMILES string of the molecule is CN(Cc1ccccc1F)C(=O)c1ccccc1SCc1cn2ccccc2n1. The lowest BCUT2D eigenvalue weighted by Gasteiger charge is -2.19. The van der Waals surface area contributed by atoms with Gasteiger partial charge in [0.2, 0.25) is 0 Å². The molecule has 4 rings (SSSR count). The summed E-state index contributed by atoms with van der Waals surface area (Å²) < 4.78 is 15.9. The van der Waals surface area contributed by atoms with Crippen LogP contribution in [0.1, 0.15) is 21.6 Å². The first-order chi connectivity index (χ1) is 14.1. The fourth-order valence-electron chi connectivity index (χ4n) is 3.14. The third-order valence-corrected chi connectivity index (χ3v) is 5.73. The van der Waals surface area contributed by atoms with Crippen LogP contribution in [0.25, 0.3) is 5.65 Å². The van der Waals surface area contributed by atoms with Crippen molar-refractivity contribution in [1.82, 2.24) is 14.3 Å². The molecule has 1 amide bonds. The molecule has 0 fully saturated rings. The molecule has 2 aromatic heterocycles. The highest BCUT2D eigenvalue weighted by atomic mass is 32.2. The number of imidazole rings is 1. The van der Waals surface area contributed by atoms with Gasteiger partial charge in [0.25, 0.3) is 5.91 Å². The number of hydrogen-bond acceptors (Lipinski definition) is 3. The van der Waals surface area contributed by atoms with Crippen molar-refractivity contribution in [2.45, 2.75) is 17.2 Å². The van der Waals surface area contributed by atoms with Gasteiger partial charge in [0.1, 0.15) is 11.5 Å². The minimum Gasteiger partial charge on any atom is -0.337 e. The first-order valence-corrected chi connectivity index (χ1v) is 10.2. The Kier molecular flexibility index (Phi) is 5.62. The number of carbonyl (C=O) groups is 1. The maximum absolute atomic E-state index is 13.9. The minimum atomic E-state index is -0.304. The number of rotatable bonds is 6. The smallest absolute Gasteiger partial charge is 0.255 e. The number of benzene rings is 2. The Labute approximate surface area is 173 Å². The molecule has 0 aliphatic heterocycles. The predicted molar refractivity (Wildman–Crippen MR) is 113 cm³/mol. The number of pyridine rings is 1. The maximum atomic E-state index is 13.9. The molecule has 6 heteroatoms. The Bertz CT molecular complexity index is 1120. The van der Waals surface area contributed by atoms with E-state index >= 15 is 0 Å². The fraction of sp³-hybridized carbons (Fsp3) is 0.130. The summed E-state index contributed by atoms with van der Waals surface area (Å²) >= 11 is 1.57. The van der Waals surface area contributed by atoms with E-state index in [-0.39, 0.29) is 18.3 Å². The lowest BCUT2D eigenvalue weighted by Crippen LogP contribution is -2.27. The Hall–Kier alpha value is -3.12. The van der Waals surface area contributed by atoms with Gasteiger partial charge in [0.15, 0.2) is 0 Å². The van der Waals surface area contributed by atoms with Crippen molar-refractivity contribution in [3.63, 3.8) is 0 Å². The molecule has 0 atom stereocenters. The molecule has 0 saturated carbocycles. The van der Waals surface area contributed by atoms with Crippen LogP contribution in [0.15, 0.2) is 84.0 Å². The molecule has 2 heterocycles. The molecule has 0 aliphatic carbocycles. The third kappa shape index (κ3) is 4.32. The number of carbonyl (C=O) groups excluding carboxylic acids is 1. The number of halogens is 1. The quantitative estimate of drug-likeness (QED) is 0.422. The second-order valence-electron chi connectivity index (χ2n) is 6.74. The van der Waals surface area contributed by atoms with Gasteiger partial charge in [-0.25, -0.2) is 9.37 Å². The van der Waals surface area contributed by atoms with Crippen LogP contribution in [0, 0.1) is 5.82 Å². The number of aromatic nitrogens is 2. The van der Waals surface area contributed by atoms with Crippen LogP contribution in [0.3, 0.4) is 0 Å². The third-order valence-electron chi connectivity index (χ3n) is 4.62. The summed E-state index contributed by atoms with van der Waals surface area (Å²) in [4.78, 5) is 20.0. The van der Waals surface area contributed by atoms with E-state index in [1.54, 1.807) is 41.9 Å². The van der Waals surface area contributed by atoms with E-state index in [2.05, 4.69) is 4.98 Å². The van der Waals surface area contributed by atoms with Crippen LogP contribution in [-0.2, 0) is 12.3 Å². The number of fused-ring (bicyclic) bond motifs is 1. The first kappa shape index (κ1) is 19.2. The molecule has 0 spiro atoms. The average molecular weight is 405 g/mol. The maximum Gasteiger partial charge on any atom is 0.255 e. The molecule has 0 aliphatic rings. The molecule has 4 nitrogen and oxygen atoms in total. The van der Waals surface area contributed by atoms with Crippen LogP contribution in [0.4, 0.5) is 4.39 Å². The predicted octanol–water partition coefficient (Wildman–Crippen LogP) is 5.04. The molecule has 0 saturated heterocycles. The number of thioether (sulfide) groups is 1. The minimum absolute atomic E-state index is 0.133. The summed E-state index contributed by atoms with van der Waals surface area (Å²) in [7, 11) is 1.69.